The highest BCUT2D eigenvalue weighted by Crippen LogP contribution is 2.29. The number of piperidine rings is 1. The van der Waals surface area contributed by atoms with Crippen molar-refractivity contribution in [3.63, 3.8) is 0 Å². The Morgan fingerprint density at radius 2 is 1.79 bits per heavy atom. The van der Waals surface area contributed by atoms with Gasteiger partial charge in [0.25, 0.3) is 0 Å². The highest BCUT2D eigenvalue weighted by molar-refractivity contribution is 6.02. The molecule has 2 atom stereocenters. The molecule has 1 unspecified atom stereocenters. The van der Waals surface area contributed by atoms with Crippen molar-refractivity contribution in [3.8, 4) is 11.4 Å². The number of aromatic nitrogens is 2. The molecule has 0 amide bonds. The van der Waals surface area contributed by atoms with Crippen molar-refractivity contribution in [1.82, 2.24) is 14.7 Å². The van der Waals surface area contributed by atoms with Gasteiger partial charge in [0.05, 0.1) is 17.4 Å². The molecular formula is C32H38N6O. The van der Waals surface area contributed by atoms with Crippen molar-refractivity contribution in [3.05, 3.63) is 66.4 Å². The molecule has 7 heteroatoms. The number of fused-ring (bicyclic) bond motifs is 2. The van der Waals surface area contributed by atoms with E-state index in [1.54, 1.807) is 0 Å². The lowest BCUT2D eigenvalue weighted by Crippen LogP contribution is -2.39. The van der Waals surface area contributed by atoms with E-state index in [1.165, 1.54) is 25.8 Å². The van der Waals surface area contributed by atoms with Gasteiger partial charge in [-0.05, 0) is 91.4 Å². The van der Waals surface area contributed by atoms with E-state index in [9.17, 15) is 0 Å². The highest BCUT2D eigenvalue weighted by Gasteiger charge is 2.23. The lowest BCUT2D eigenvalue weighted by atomic mass is 9.91. The molecule has 0 saturated carbocycles. The molecule has 0 spiro atoms. The number of nitrogens with zero attached hydrogens (tertiary/aromatic N) is 6. The monoisotopic (exact) mass is 522 g/mol. The number of benzene rings is 3. The van der Waals surface area contributed by atoms with Crippen LogP contribution in [0.25, 0.3) is 27.4 Å². The molecular weight excluding hydrogens is 484 g/mol. The number of aliphatic imine (C=N–C) groups is 1. The van der Waals surface area contributed by atoms with Crippen LogP contribution in [-0.2, 0) is 0 Å². The predicted octanol–water partition coefficient (Wildman–Crippen LogP) is 7.41. The summed E-state index contributed by atoms with van der Waals surface area (Å²) < 4.78 is 8.11. The zero-order valence-electron chi connectivity index (χ0n) is 23.5. The van der Waals surface area contributed by atoms with Crippen LogP contribution in [0, 0.1) is 5.41 Å². The predicted molar refractivity (Wildman–Crippen MR) is 158 cm³/mol. The van der Waals surface area contributed by atoms with E-state index in [1.807, 2.05) is 10.9 Å². The number of rotatable bonds is 7. The maximum atomic E-state index is 6.13. The maximum Gasteiger partial charge on any atom is 0.179 e. The summed E-state index contributed by atoms with van der Waals surface area (Å²) in [6.45, 7) is 11.8. The van der Waals surface area contributed by atoms with Gasteiger partial charge in [-0.25, -0.2) is 9.67 Å². The molecule has 3 heterocycles. The molecule has 4 aromatic rings. The van der Waals surface area contributed by atoms with E-state index in [0.717, 1.165) is 58.2 Å². The van der Waals surface area contributed by atoms with Gasteiger partial charge in [0.1, 0.15) is 12.4 Å². The van der Waals surface area contributed by atoms with Crippen LogP contribution in [0.1, 0.15) is 58.9 Å². The van der Waals surface area contributed by atoms with Crippen LogP contribution >= 0.6 is 0 Å². The molecule has 0 bridgehead atoms. The van der Waals surface area contributed by atoms with E-state index < -0.39 is 0 Å². The molecule has 2 aliphatic rings. The SMILES string of the molecule is C[C@H]1CCCCN1CCOc1ccc2cc(-n3ncc4cc(C5=NC(CC(C)(C)C)N=N5)ccc43)ccc2c1. The summed E-state index contributed by atoms with van der Waals surface area (Å²) in [5.41, 5.74) is 3.21. The Morgan fingerprint density at radius 1 is 0.949 bits per heavy atom. The topological polar surface area (TPSA) is 67.4 Å². The van der Waals surface area contributed by atoms with Crippen molar-refractivity contribution in [1.29, 1.82) is 0 Å². The summed E-state index contributed by atoms with van der Waals surface area (Å²) in [6.07, 6.45) is 6.64. The quantitative estimate of drug-likeness (QED) is 0.254. The minimum atomic E-state index is -0.0969. The van der Waals surface area contributed by atoms with Crippen molar-refractivity contribution in [2.75, 3.05) is 19.7 Å². The number of likely N-dealkylation sites (tertiary alicyclic amines) is 1. The third kappa shape index (κ3) is 5.74. The molecule has 1 fully saturated rings. The minimum absolute atomic E-state index is 0.0969. The second kappa shape index (κ2) is 10.5. The number of azo groups is 1. The van der Waals surface area contributed by atoms with Crippen LogP contribution in [-0.4, -0.2) is 52.4 Å². The summed E-state index contributed by atoms with van der Waals surface area (Å²) in [5, 5.41) is 16.8. The van der Waals surface area contributed by atoms with Gasteiger partial charge >= 0.3 is 0 Å². The Labute approximate surface area is 230 Å². The number of hydrogen-bond donors (Lipinski definition) is 0. The van der Waals surface area contributed by atoms with Crippen LogP contribution < -0.4 is 4.74 Å². The van der Waals surface area contributed by atoms with Gasteiger partial charge in [-0.1, -0.05) is 39.3 Å². The van der Waals surface area contributed by atoms with E-state index >= 15 is 0 Å². The normalized spacial score (nSPS) is 20.2. The van der Waals surface area contributed by atoms with E-state index in [4.69, 9.17) is 14.8 Å². The molecule has 202 valence electrons. The molecule has 0 aliphatic carbocycles. The molecule has 1 aromatic heterocycles. The van der Waals surface area contributed by atoms with Crippen molar-refractivity contribution in [2.24, 2.45) is 20.6 Å². The average molecular weight is 523 g/mol. The third-order valence-corrected chi connectivity index (χ3v) is 7.81. The molecule has 7 nitrogen and oxygen atoms in total. The first-order valence-electron chi connectivity index (χ1n) is 14.2. The Hall–Kier alpha value is -3.58. The lowest BCUT2D eigenvalue weighted by molar-refractivity contribution is 0.133. The smallest absolute Gasteiger partial charge is 0.179 e. The minimum Gasteiger partial charge on any atom is -0.492 e. The van der Waals surface area contributed by atoms with Gasteiger partial charge in [-0.3, -0.25) is 4.90 Å². The first-order chi connectivity index (χ1) is 18.8. The van der Waals surface area contributed by atoms with E-state index in [0.29, 0.717) is 11.9 Å². The summed E-state index contributed by atoms with van der Waals surface area (Å²) in [6, 6.07) is 19.7. The third-order valence-electron chi connectivity index (χ3n) is 7.81. The van der Waals surface area contributed by atoms with Gasteiger partial charge in [-0.2, -0.15) is 10.2 Å². The molecule has 6 rings (SSSR count). The number of amidine groups is 1. The van der Waals surface area contributed by atoms with Crippen LogP contribution in [0.4, 0.5) is 0 Å². The molecule has 0 radical (unpaired) electrons. The molecule has 1 saturated heterocycles. The number of ether oxygens (including phenoxy) is 1. The fraction of sp³-hybridized carbons (Fsp3) is 0.438. The fourth-order valence-corrected chi connectivity index (χ4v) is 5.66. The Morgan fingerprint density at radius 3 is 2.64 bits per heavy atom. The van der Waals surface area contributed by atoms with Crippen LogP contribution in [0.2, 0.25) is 0 Å². The maximum absolute atomic E-state index is 6.13. The van der Waals surface area contributed by atoms with Crippen molar-refractivity contribution < 1.29 is 4.74 Å². The van der Waals surface area contributed by atoms with Gasteiger partial charge in [-0.15, -0.1) is 5.11 Å². The molecule has 3 aromatic carbocycles. The van der Waals surface area contributed by atoms with Gasteiger partial charge in [0, 0.05) is 23.5 Å². The average Bonchev–Trinajstić information content (AvgIpc) is 3.55. The molecule has 39 heavy (non-hydrogen) atoms. The number of hydrogen-bond acceptors (Lipinski definition) is 6. The van der Waals surface area contributed by atoms with Gasteiger partial charge in [0.15, 0.2) is 12.0 Å². The Kier molecular flexibility index (Phi) is 6.94. The largest absolute Gasteiger partial charge is 0.492 e. The summed E-state index contributed by atoms with van der Waals surface area (Å²) in [4.78, 5) is 7.29. The van der Waals surface area contributed by atoms with Gasteiger partial charge in [0.2, 0.25) is 0 Å². The van der Waals surface area contributed by atoms with E-state index in [2.05, 4.69) is 97.4 Å². The van der Waals surface area contributed by atoms with Crippen LogP contribution in [0.5, 0.6) is 5.75 Å². The lowest BCUT2D eigenvalue weighted by Gasteiger charge is -2.33. The van der Waals surface area contributed by atoms with Crippen molar-refractivity contribution in [2.45, 2.75) is 65.6 Å². The second-order valence-electron chi connectivity index (χ2n) is 12.2. The summed E-state index contributed by atoms with van der Waals surface area (Å²) in [7, 11) is 0. The Balaban J connectivity index is 1.16. The highest BCUT2D eigenvalue weighted by atomic mass is 16.5. The van der Waals surface area contributed by atoms with Gasteiger partial charge < -0.3 is 4.74 Å². The second-order valence-corrected chi connectivity index (χ2v) is 12.2. The zero-order chi connectivity index (χ0) is 27.0. The van der Waals surface area contributed by atoms with Crippen LogP contribution in [0.3, 0.4) is 0 Å². The molecule has 2 aliphatic heterocycles. The zero-order valence-corrected chi connectivity index (χ0v) is 23.5. The van der Waals surface area contributed by atoms with E-state index in [-0.39, 0.29) is 11.6 Å². The first-order valence-corrected chi connectivity index (χ1v) is 14.2. The van der Waals surface area contributed by atoms with Crippen LogP contribution in [0.15, 0.2) is 76.0 Å². The summed E-state index contributed by atoms with van der Waals surface area (Å²) >= 11 is 0. The first kappa shape index (κ1) is 25.7. The summed E-state index contributed by atoms with van der Waals surface area (Å²) in [5.74, 6) is 1.63. The fourth-order valence-electron chi connectivity index (χ4n) is 5.66. The Bertz CT molecular complexity index is 1550. The standard InChI is InChI=1S/C32H38N6O/c1-22-7-5-6-14-37(22)15-16-39-28-12-9-23-18-27(11-8-24(23)19-28)38-29-13-10-25(17-26(29)21-33-38)31-34-30(35-36-31)20-32(2,3)4/h8-13,17-19,21-22,30H,5-7,14-16,20H2,1-4H3/t22-,30?/m0/s1. The van der Waals surface area contributed by atoms with Crippen molar-refractivity contribution >= 4 is 27.5 Å². The molecule has 0 N–H and O–H groups in total.